The van der Waals surface area contributed by atoms with Gasteiger partial charge in [0, 0.05) is 0 Å². The van der Waals surface area contributed by atoms with Gasteiger partial charge >= 0.3 is 21.7 Å². The van der Waals surface area contributed by atoms with Crippen molar-refractivity contribution in [3.63, 3.8) is 0 Å². The third-order valence-electron chi connectivity index (χ3n) is 3.40. The summed E-state index contributed by atoms with van der Waals surface area (Å²) in [5, 5.41) is 0. The summed E-state index contributed by atoms with van der Waals surface area (Å²) in [7, 11) is 0.823. The normalized spacial score (nSPS) is 9.29. The molecule has 176 valence electrons. The average molecular weight is 538 g/mol. The van der Waals surface area contributed by atoms with Gasteiger partial charge in [0.05, 0.1) is 0 Å². The predicted molar refractivity (Wildman–Crippen MR) is 136 cm³/mol. The van der Waals surface area contributed by atoms with Crippen LogP contribution in [-0.4, -0.2) is 0 Å². The van der Waals surface area contributed by atoms with Crippen LogP contribution in [0.5, 0.6) is 0 Å². The summed E-state index contributed by atoms with van der Waals surface area (Å²) >= 11 is 0. The van der Waals surface area contributed by atoms with Crippen LogP contribution >= 0.6 is 8.19 Å². The maximum Gasteiger partial charge on any atom is 2.00 e. The van der Waals surface area contributed by atoms with Gasteiger partial charge in [0.25, 0.3) is 0 Å². The second-order valence-corrected chi connectivity index (χ2v) is 7.04. The molecule has 0 nitrogen and oxygen atoms in total. The molecule has 4 aromatic rings. The number of rotatable bonds is 0. The van der Waals surface area contributed by atoms with Crippen molar-refractivity contribution in [1.29, 1.82) is 0 Å². The molecular formula is C30H28Cl2PTi-5. The van der Waals surface area contributed by atoms with Crippen LogP contribution < -0.4 is 24.8 Å². The molecule has 0 saturated heterocycles. The molecule has 5 rings (SSSR count). The first-order chi connectivity index (χ1) is 15.3. The molecule has 0 aliphatic heterocycles. The Balaban J connectivity index is -0.000000348. The Labute approximate surface area is 235 Å². The molecule has 0 saturated carbocycles. The minimum Gasteiger partial charge on any atom is -1.00 e. The molecule has 0 radical (unpaired) electrons. The molecule has 3 aromatic carbocycles. The predicted octanol–water partition coefficient (Wildman–Crippen LogP) is 2.24. The first-order valence-electron chi connectivity index (χ1n) is 9.97. The van der Waals surface area contributed by atoms with Gasteiger partial charge in [0.15, 0.2) is 0 Å². The molecule has 1 aromatic heterocycles. The van der Waals surface area contributed by atoms with E-state index in [-0.39, 0.29) is 46.5 Å². The summed E-state index contributed by atoms with van der Waals surface area (Å²) in [5.41, 5.74) is 2.56. The minimum absolute atomic E-state index is 0. The van der Waals surface area contributed by atoms with Crippen molar-refractivity contribution in [3.05, 3.63) is 168 Å². The van der Waals surface area contributed by atoms with Crippen molar-refractivity contribution in [3.8, 4) is 0 Å². The van der Waals surface area contributed by atoms with E-state index in [0.717, 1.165) is 8.19 Å². The molecule has 1 unspecified atom stereocenters. The number of hydrogen-bond donors (Lipinski definition) is 0. The fourth-order valence-corrected chi connectivity index (χ4v) is 2.39. The van der Waals surface area contributed by atoms with Crippen molar-refractivity contribution < 1.29 is 46.5 Å². The van der Waals surface area contributed by atoms with E-state index in [4.69, 9.17) is 0 Å². The second kappa shape index (κ2) is 29.0. The van der Waals surface area contributed by atoms with Crippen LogP contribution in [-0.2, 0) is 21.7 Å². The Kier molecular flexibility index (Phi) is 31.1. The molecule has 4 heteroatoms. The van der Waals surface area contributed by atoms with Gasteiger partial charge in [0.1, 0.15) is 0 Å². The molecule has 0 fully saturated rings. The van der Waals surface area contributed by atoms with Crippen LogP contribution in [0.4, 0.5) is 0 Å². The largest absolute Gasteiger partial charge is 2.00 e. The van der Waals surface area contributed by atoms with Gasteiger partial charge in [-0.1, -0.05) is 13.8 Å². The smallest absolute Gasteiger partial charge is 1.00 e. The molecule has 1 aliphatic carbocycles. The van der Waals surface area contributed by atoms with Gasteiger partial charge in [-0.05, 0) is 0 Å². The number of allylic oxidation sites excluding steroid dienone is 6. The monoisotopic (exact) mass is 537 g/mol. The van der Waals surface area contributed by atoms with E-state index in [2.05, 4.69) is 55.8 Å². The third kappa shape index (κ3) is 24.6. The molecule has 1 aliphatic rings. The van der Waals surface area contributed by atoms with Crippen LogP contribution in [0.15, 0.2) is 138 Å². The average Bonchev–Trinajstić information content (AvgIpc) is 3.61. The topological polar surface area (TPSA) is 0 Å². The van der Waals surface area contributed by atoms with E-state index in [1.807, 2.05) is 115 Å². The fourth-order valence-electron chi connectivity index (χ4n) is 1.91. The van der Waals surface area contributed by atoms with Gasteiger partial charge in [-0.15, -0.1) is 11.6 Å². The summed E-state index contributed by atoms with van der Waals surface area (Å²) in [6.45, 7) is 4.18. The van der Waals surface area contributed by atoms with Gasteiger partial charge in [0.2, 0.25) is 0 Å². The minimum atomic E-state index is 0. The zero-order valence-corrected chi connectivity index (χ0v) is 23.5. The molecule has 0 N–H and O–H groups in total. The first-order valence-corrected chi connectivity index (χ1v) is 11.0. The zero-order valence-electron chi connectivity index (χ0n) is 19.4. The maximum atomic E-state index is 3.10. The number of benzene rings is 3. The Morgan fingerprint density at radius 2 is 1.06 bits per heavy atom. The number of hydrogen-bond acceptors (Lipinski definition) is 0. The molecule has 1 atom stereocenters. The van der Waals surface area contributed by atoms with Crippen LogP contribution in [0, 0.1) is 30.1 Å². The Hall–Kier alpha value is -2.05. The molecule has 34 heavy (non-hydrogen) atoms. The van der Waals surface area contributed by atoms with Crippen molar-refractivity contribution in [2.75, 3.05) is 0 Å². The Morgan fingerprint density at radius 1 is 0.618 bits per heavy atom. The van der Waals surface area contributed by atoms with E-state index in [9.17, 15) is 0 Å². The van der Waals surface area contributed by atoms with Gasteiger partial charge in [-0.2, -0.15) is 151 Å². The first kappa shape index (κ1) is 36.5. The van der Waals surface area contributed by atoms with Crippen LogP contribution in [0.1, 0.15) is 13.8 Å². The Morgan fingerprint density at radius 3 is 1.18 bits per heavy atom. The van der Waals surface area contributed by atoms with Gasteiger partial charge in [-0.25, -0.2) is 6.07 Å². The molecule has 1 heterocycles. The maximum absolute atomic E-state index is 3.10. The zero-order chi connectivity index (χ0) is 22.2. The number of halogens is 2. The van der Waals surface area contributed by atoms with Gasteiger partial charge in [-0.3, -0.25) is 8.19 Å². The van der Waals surface area contributed by atoms with E-state index in [1.165, 1.54) is 11.1 Å². The van der Waals surface area contributed by atoms with Crippen LogP contribution in [0.25, 0.3) is 0 Å². The molecule has 0 spiro atoms. The summed E-state index contributed by atoms with van der Waals surface area (Å²) < 4.78 is 0. The fraction of sp³-hybridized carbons (Fsp3) is 0.0667. The molecule has 0 bridgehead atoms. The summed E-state index contributed by atoms with van der Waals surface area (Å²) in [4.78, 5) is 0. The standard InChI is InChI=1S/C8H9.3C6H5.C4H4P.2ClH.Ti/c1-7(2)8-5-3-4-6-8;3*1-2-4-6-5-3-1;1-2-4-5-3-1;;;/h3-5H,1-2H3;3*1-5H;1-3,5H;2*1H;/q5*-1;;;+2/p-2. The summed E-state index contributed by atoms with van der Waals surface area (Å²) in [5.74, 6) is 5.11. The van der Waals surface area contributed by atoms with E-state index >= 15 is 0 Å². The van der Waals surface area contributed by atoms with Crippen molar-refractivity contribution in [2.45, 2.75) is 13.8 Å². The van der Waals surface area contributed by atoms with E-state index in [1.54, 1.807) is 0 Å². The van der Waals surface area contributed by atoms with Crippen molar-refractivity contribution >= 4 is 8.19 Å². The Bertz CT molecular complexity index is 747. The van der Waals surface area contributed by atoms with Crippen molar-refractivity contribution in [1.82, 2.24) is 0 Å². The summed E-state index contributed by atoms with van der Waals surface area (Å²) in [6, 6.07) is 41.5. The second-order valence-electron chi connectivity index (χ2n) is 6.13. The quantitative estimate of drug-likeness (QED) is 0.238. The van der Waals surface area contributed by atoms with Crippen LogP contribution in [0.2, 0.25) is 0 Å². The van der Waals surface area contributed by atoms with Crippen LogP contribution in [0.3, 0.4) is 0 Å². The van der Waals surface area contributed by atoms with E-state index < -0.39 is 0 Å². The van der Waals surface area contributed by atoms with Crippen molar-refractivity contribution in [2.24, 2.45) is 0 Å². The molecular weight excluding hydrogens is 510 g/mol. The summed E-state index contributed by atoms with van der Waals surface area (Å²) in [6.07, 6.45) is 9.10. The van der Waals surface area contributed by atoms with Gasteiger partial charge < -0.3 is 24.8 Å². The molecule has 0 amide bonds. The SMILES string of the molecule is CC(C)=C1[C-]=CC=C1.[Cl-].[Cl-].[Ti+2].[c-]1ccc[pH]1.[c-]1ccccc1.[c-]1ccccc1.[c-]1ccccc1. The third-order valence-corrected chi connectivity index (χ3v) is 4.09. The van der Waals surface area contributed by atoms with E-state index in [0.29, 0.717) is 0 Å².